The molecule has 1 aliphatic rings. The van der Waals surface area contributed by atoms with Crippen molar-refractivity contribution in [3.63, 3.8) is 0 Å². The lowest BCUT2D eigenvalue weighted by atomic mass is 10.1. The molecule has 1 aliphatic heterocycles. The molecule has 0 saturated heterocycles. The van der Waals surface area contributed by atoms with Crippen LogP contribution in [0.25, 0.3) is 5.69 Å². The van der Waals surface area contributed by atoms with Crippen LogP contribution in [0, 0.1) is 0 Å². The minimum atomic E-state index is 0.724. The molecule has 3 rings (SSSR count). The molecule has 0 bridgehead atoms. The van der Waals surface area contributed by atoms with Crippen LogP contribution < -0.4 is 5.73 Å². The van der Waals surface area contributed by atoms with Crippen molar-refractivity contribution in [2.75, 3.05) is 19.6 Å². The number of fused-ring (bicyclic) bond motifs is 1. The van der Waals surface area contributed by atoms with E-state index in [4.69, 9.17) is 5.73 Å². The van der Waals surface area contributed by atoms with Crippen molar-refractivity contribution < 1.29 is 0 Å². The van der Waals surface area contributed by atoms with E-state index >= 15 is 0 Å². The molecule has 4 heteroatoms. The van der Waals surface area contributed by atoms with Gasteiger partial charge in [-0.15, -0.1) is 0 Å². The van der Waals surface area contributed by atoms with Gasteiger partial charge in [0.2, 0.25) is 0 Å². The Labute approximate surface area is 107 Å². The van der Waals surface area contributed by atoms with Crippen LogP contribution in [0.15, 0.2) is 36.5 Å². The molecule has 0 aliphatic carbocycles. The molecule has 0 saturated carbocycles. The molecule has 0 atom stereocenters. The van der Waals surface area contributed by atoms with Crippen LogP contribution in [0.1, 0.15) is 11.3 Å². The SMILES string of the molecule is NCCN1CCc2c(cnn2-c2ccccc2)C1. The van der Waals surface area contributed by atoms with Crippen LogP contribution in [0.4, 0.5) is 0 Å². The Morgan fingerprint density at radius 2 is 2.06 bits per heavy atom. The molecule has 1 aromatic carbocycles. The van der Waals surface area contributed by atoms with E-state index in [1.807, 2.05) is 24.4 Å². The van der Waals surface area contributed by atoms with Crippen LogP contribution >= 0.6 is 0 Å². The number of hydrogen-bond acceptors (Lipinski definition) is 3. The van der Waals surface area contributed by atoms with Gasteiger partial charge in [0, 0.05) is 43.9 Å². The summed E-state index contributed by atoms with van der Waals surface area (Å²) in [6.45, 7) is 3.74. The number of rotatable bonds is 3. The maximum absolute atomic E-state index is 5.61. The summed E-state index contributed by atoms with van der Waals surface area (Å²) in [4.78, 5) is 2.39. The lowest BCUT2D eigenvalue weighted by Gasteiger charge is -2.26. The highest BCUT2D eigenvalue weighted by Crippen LogP contribution is 2.21. The average molecular weight is 242 g/mol. The van der Waals surface area contributed by atoms with E-state index in [2.05, 4.69) is 26.8 Å². The topological polar surface area (TPSA) is 47.1 Å². The zero-order valence-electron chi connectivity index (χ0n) is 10.4. The Bertz CT molecular complexity index is 518. The van der Waals surface area contributed by atoms with E-state index in [9.17, 15) is 0 Å². The van der Waals surface area contributed by atoms with E-state index in [0.29, 0.717) is 0 Å². The standard InChI is InChI=1S/C14H18N4/c15-7-9-17-8-6-14-12(11-17)10-16-18(14)13-4-2-1-3-5-13/h1-5,10H,6-9,11,15H2. The highest BCUT2D eigenvalue weighted by Gasteiger charge is 2.20. The second-order valence-electron chi connectivity index (χ2n) is 4.68. The van der Waals surface area contributed by atoms with E-state index in [1.54, 1.807) is 0 Å². The maximum Gasteiger partial charge on any atom is 0.0648 e. The fourth-order valence-corrected chi connectivity index (χ4v) is 2.56. The first-order valence-electron chi connectivity index (χ1n) is 6.42. The molecule has 2 heterocycles. The summed E-state index contributed by atoms with van der Waals surface area (Å²) in [7, 11) is 0. The summed E-state index contributed by atoms with van der Waals surface area (Å²) in [6.07, 6.45) is 3.04. The monoisotopic (exact) mass is 242 g/mol. The second kappa shape index (κ2) is 4.92. The van der Waals surface area contributed by atoms with Gasteiger partial charge in [-0.1, -0.05) is 18.2 Å². The molecule has 18 heavy (non-hydrogen) atoms. The third-order valence-electron chi connectivity index (χ3n) is 3.46. The summed E-state index contributed by atoms with van der Waals surface area (Å²) < 4.78 is 2.06. The quantitative estimate of drug-likeness (QED) is 0.879. The van der Waals surface area contributed by atoms with Crippen molar-refractivity contribution >= 4 is 0 Å². The maximum atomic E-state index is 5.61. The van der Waals surface area contributed by atoms with Gasteiger partial charge in [-0.25, -0.2) is 4.68 Å². The number of benzene rings is 1. The Morgan fingerprint density at radius 3 is 2.83 bits per heavy atom. The van der Waals surface area contributed by atoms with Gasteiger partial charge in [0.1, 0.15) is 0 Å². The van der Waals surface area contributed by atoms with E-state index in [-0.39, 0.29) is 0 Å². The lowest BCUT2D eigenvalue weighted by molar-refractivity contribution is 0.259. The summed E-state index contributed by atoms with van der Waals surface area (Å²) >= 11 is 0. The van der Waals surface area contributed by atoms with Crippen molar-refractivity contribution in [1.29, 1.82) is 0 Å². The molecule has 0 unspecified atom stereocenters. The molecule has 1 aromatic heterocycles. The lowest BCUT2D eigenvalue weighted by Crippen LogP contribution is -2.34. The minimum Gasteiger partial charge on any atom is -0.329 e. The number of aromatic nitrogens is 2. The predicted molar refractivity (Wildman–Crippen MR) is 71.6 cm³/mol. The van der Waals surface area contributed by atoms with Crippen LogP contribution in [-0.4, -0.2) is 34.3 Å². The first-order valence-corrected chi connectivity index (χ1v) is 6.42. The highest BCUT2D eigenvalue weighted by atomic mass is 15.3. The molecular formula is C14H18N4. The molecule has 0 spiro atoms. The van der Waals surface area contributed by atoms with Gasteiger partial charge in [-0.3, -0.25) is 4.90 Å². The van der Waals surface area contributed by atoms with Crippen molar-refractivity contribution in [2.45, 2.75) is 13.0 Å². The van der Waals surface area contributed by atoms with Crippen molar-refractivity contribution in [1.82, 2.24) is 14.7 Å². The van der Waals surface area contributed by atoms with Gasteiger partial charge in [-0.2, -0.15) is 5.10 Å². The average Bonchev–Trinajstić information content (AvgIpc) is 2.83. The molecule has 2 N–H and O–H groups in total. The first kappa shape index (κ1) is 11.4. The van der Waals surface area contributed by atoms with Gasteiger partial charge >= 0.3 is 0 Å². The van der Waals surface area contributed by atoms with Crippen molar-refractivity contribution in [3.05, 3.63) is 47.8 Å². The largest absolute Gasteiger partial charge is 0.329 e. The molecule has 94 valence electrons. The third kappa shape index (κ3) is 2.05. The first-order chi connectivity index (χ1) is 8.88. The number of hydrogen-bond donors (Lipinski definition) is 1. The van der Waals surface area contributed by atoms with Gasteiger partial charge in [-0.05, 0) is 12.1 Å². The van der Waals surface area contributed by atoms with Gasteiger partial charge in [0.25, 0.3) is 0 Å². The number of para-hydroxylation sites is 1. The smallest absolute Gasteiger partial charge is 0.0648 e. The molecule has 0 radical (unpaired) electrons. The Balaban J connectivity index is 1.89. The Morgan fingerprint density at radius 1 is 1.22 bits per heavy atom. The Hall–Kier alpha value is -1.65. The van der Waals surface area contributed by atoms with Crippen LogP contribution in [0.5, 0.6) is 0 Å². The Kier molecular flexibility index (Phi) is 3.13. The summed E-state index contributed by atoms with van der Waals surface area (Å²) in [5.74, 6) is 0. The van der Waals surface area contributed by atoms with Crippen LogP contribution in [0.3, 0.4) is 0 Å². The second-order valence-corrected chi connectivity index (χ2v) is 4.68. The number of nitrogens with zero attached hydrogens (tertiary/aromatic N) is 3. The third-order valence-corrected chi connectivity index (χ3v) is 3.46. The number of nitrogens with two attached hydrogens (primary N) is 1. The summed E-state index contributed by atoms with van der Waals surface area (Å²) in [5, 5.41) is 4.52. The highest BCUT2D eigenvalue weighted by molar-refractivity contribution is 5.35. The van der Waals surface area contributed by atoms with Crippen molar-refractivity contribution in [2.24, 2.45) is 5.73 Å². The van der Waals surface area contributed by atoms with Gasteiger partial charge in [0.15, 0.2) is 0 Å². The zero-order chi connectivity index (χ0) is 12.4. The summed E-state index contributed by atoms with van der Waals surface area (Å²) in [5.41, 5.74) is 9.43. The van der Waals surface area contributed by atoms with Crippen molar-refractivity contribution in [3.8, 4) is 5.69 Å². The van der Waals surface area contributed by atoms with E-state index in [0.717, 1.165) is 38.3 Å². The fraction of sp³-hybridized carbons (Fsp3) is 0.357. The van der Waals surface area contributed by atoms with Gasteiger partial charge < -0.3 is 5.73 Å². The fourth-order valence-electron chi connectivity index (χ4n) is 2.56. The summed E-state index contributed by atoms with van der Waals surface area (Å²) in [6, 6.07) is 10.3. The van der Waals surface area contributed by atoms with Crippen LogP contribution in [-0.2, 0) is 13.0 Å². The minimum absolute atomic E-state index is 0.724. The molecule has 0 fully saturated rings. The molecule has 4 nitrogen and oxygen atoms in total. The van der Waals surface area contributed by atoms with E-state index in [1.165, 1.54) is 11.3 Å². The molecular weight excluding hydrogens is 224 g/mol. The normalized spacial score (nSPS) is 15.6. The molecule has 2 aromatic rings. The van der Waals surface area contributed by atoms with E-state index < -0.39 is 0 Å². The van der Waals surface area contributed by atoms with Crippen LogP contribution in [0.2, 0.25) is 0 Å². The predicted octanol–water partition coefficient (Wildman–Crippen LogP) is 1.19. The molecule has 0 amide bonds. The zero-order valence-corrected chi connectivity index (χ0v) is 10.4. The van der Waals surface area contributed by atoms with Gasteiger partial charge in [0.05, 0.1) is 11.9 Å².